The SMILES string of the molecule is FCc1cc(F)c(OC(F)(F)F)nc1C(F)(F)F. The summed E-state index contributed by atoms with van der Waals surface area (Å²) in [5.74, 6) is -3.75. The highest BCUT2D eigenvalue weighted by Crippen LogP contribution is 2.34. The Balaban J connectivity index is 3.31. The lowest BCUT2D eigenvalue weighted by atomic mass is 10.2. The number of ether oxygens (including phenoxy) is 1. The third-order valence-electron chi connectivity index (χ3n) is 1.65. The Morgan fingerprint density at radius 3 is 2.06 bits per heavy atom. The minimum absolute atomic E-state index is 0.0447. The lowest BCUT2D eigenvalue weighted by molar-refractivity contribution is -0.277. The molecule has 2 nitrogen and oxygen atoms in total. The molecular weight excluding hydrogens is 278 g/mol. The van der Waals surface area contributed by atoms with E-state index in [0.717, 1.165) is 0 Å². The number of nitrogens with zero attached hydrogens (tertiary/aromatic N) is 1. The van der Waals surface area contributed by atoms with E-state index >= 15 is 0 Å². The minimum atomic E-state index is -5.41. The van der Waals surface area contributed by atoms with E-state index in [0.29, 0.717) is 0 Å². The number of rotatable bonds is 2. The summed E-state index contributed by atoms with van der Waals surface area (Å²) in [7, 11) is 0. The molecule has 1 rings (SSSR count). The highest BCUT2D eigenvalue weighted by atomic mass is 19.4. The molecule has 0 saturated heterocycles. The molecule has 0 saturated carbocycles. The first-order chi connectivity index (χ1) is 8.04. The zero-order chi connectivity index (χ0) is 14.1. The van der Waals surface area contributed by atoms with Gasteiger partial charge in [0.25, 0.3) is 5.88 Å². The molecule has 0 amide bonds. The van der Waals surface area contributed by atoms with E-state index in [4.69, 9.17) is 0 Å². The summed E-state index contributed by atoms with van der Waals surface area (Å²) in [5.41, 5.74) is -3.18. The highest BCUT2D eigenvalue weighted by molar-refractivity contribution is 5.29. The topological polar surface area (TPSA) is 22.1 Å². The summed E-state index contributed by atoms with van der Waals surface area (Å²) >= 11 is 0. The van der Waals surface area contributed by atoms with E-state index in [2.05, 4.69) is 9.72 Å². The van der Waals surface area contributed by atoms with E-state index < -0.39 is 42.2 Å². The van der Waals surface area contributed by atoms with Crippen LogP contribution < -0.4 is 4.74 Å². The van der Waals surface area contributed by atoms with Crippen molar-refractivity contribution in [1.29, 1.82) is 0 Å². The molecule has 0 radical (unpaired) electrons. The Labute approximate surface area is 94.2 Å². The van der Waals surface area contributed by atoms with Gasteiger partial charge in [-0.1, -0.05) is 0 Å². The average molecular weight is 281 g/mol. The average Bonchev–Trinajstić information content (AvgIpc) is 2.16. The molecule has 0 N–H and O–H groups in total. The Morgan fingerprint density at radius 1 is 1.11 bits per heavy atom. The molecule has 1 heterocycles. The monoisotopic (exact) mass is 281 g/mol. The van der Waals surface area contributed by atoms with Crippen molar-refractivity contribution in [3.63, 3.8) is 0 Å². The van der Waals surface area contributed by atoms with Crippen LogP contribution in [0.4, 0.5) is 35.1 Å². The van der Waals surface area contributed by atoms with Crippen molar-refractivity contribution >= 4 is 0 Å². The van der Waals surface area contributed by atoms with Crippen LogP contribution in [0, 0.1) is 5.82 Å². The van der Waals surface area contributed by atoms with Crippen LogP contribution in [0.5, 0.6) is 5.88 Å². The third kappa shape index (κ3) is 3.44. The molecule has 18 heavy (non-hydrogen) atoms. The van der Waals surface area contributed by atoms with Gasteiger partial charge in [-0.2, -0.15) is 13.2 Å². The van der Waals surface area contributed by atoms with Crippen molar-refractivity contribution in [3.8, 4) is 5.88 Å². The Bertz CT molecular complexity index is 438. The fourth-order valence-electron chi connectivity index (χ4n) is 1.04. The fraction of sp³-hybridized carbons (Fsp3) is 0.375. The molecule has 0 bridgehead atoms. The first-order valence-corrected chi connectivity index (χ1v) is 4.13. The molecule has 0 atom stereocenters. The van der Waals surface area contributed by atoms with Gasteiger partial charge in [-0.15, -0.1) is 13.2 Å². The summed E-state index contributed by atoms with van der Waals surface area (Å²) in [4.78, 5) is 2.32. The molecule has 0 spiro atoms. The molecule has 10 heteroatoms. The van der Waals surface area contributed by atoms with E-state index in [9.17, 15) is 35.1 Å². The van der Waals surface area contributed by atoms with Gasteiger partial charge in [0.15, 0.2) is 11.5 Å². The quantitative estimate of drug-likeness (QED) is 0.772. The van der Waals surface area contributed by atoms with Crippen LogP contribution >= 0.6 is 0 Å². The molecule has 0 aliphatic heterocycles. The first kappa shape index (κ1) is 14.5. The van der Waals surface area contributed by atoms with Crippen molar-refractivity contribution in [1.82, 2.24) is 4.98 Å². The Kier molecular flexibility index (Phi) is 3.67. The van der Waals surface area contributed by atoms with Crippen molar-refractivity contribution in [2.45, 2.75) is 19.2 Å². The molecule has 0 unspecified atom stereocenters. The van der Waals surface area contributed by atoms with Crippen LogP contribution in [0.1, 0.15) is 11.3 Å². The van der Waals surface area contributed by atoms with Crippen molar-refractivity contribution < 1.29 is 39.9 Å². The summed E-state index contributed by atoms with van der Waals surface area (Å²) in [6.07, 6.45) is -10.6. The van der Waals surface area contributed by atoms with Crippen molar-refractivity contribution in [2.24, 2.45) is 0 Å². The number of aromatic nitrogens is 1. The molecule has 1 aromatic heterocycles. The van der Waals surface area contributed by atoms with Crippen LogP contribution in [-0.4, -0.2) is 11.3 Å². The molecule has 0 fully saturated rings. The van der Waals surface area contributed by atoms with Gasteiger partial charge in [0.1, 0.15) is 6.67 Å². The summed E-state index contributed by atoms with van der Waals surface area (Å²) < 4.78 is 100. The molecule has 102 valence electrons. The molecule has 0 aliphatic carbocycles. The van der Waals surface area contributed by atoms with Gasteiger partial charge in [-0.05, 0) is 6.07 Å². The van der Waals surface area contributed by atoms with E-state index in [-0.39, 0.29) is 6.07 Å². The van der Waals surface area contributed by atoms with E-state index in [1.165, 1.54) is 0 Å². The first-order valence-electron chi connectivity index (χ1n) is 4.13. The normalized spacial score (nSPS) is 12.7. The molecule has 0 aromatic carbocycles. The third-order valence-corrected chi connectivity index (χ3v) is 1.65. The van der Waals surface area contributed by atoms with E-state index in [1.54, 1.807) is 0 Å². The predicted octanol–water partition coefficient (Wildman–Crippen LogP) is 3.61. The van der Waals surface area contributed by atoms with Crippen LogP contribution in [0.25, 0.3) is 0 Å². The Morgan fingerprint density at radius 2 is 1.67 bits per heavy atom. The number of alkyl halides is 7. The lowest BCUT2D eigenvalue weighted by Crippen LogP contribution is -2.21. The summed E-state index contributed by atoms with van der Waals surface area (Å²) in [6.45, 7) is -1.73. The second-order valence-electron chi connectivity index (χ2n) is 2.96. The zero-order valence-corrected chi connectivity index (χ0v) is 8.16. The van der Waals surface area contributed by atoms with E-state index in [1.807, 2.05) is 0 Å². The van der Waals surface area contributed by atoms with Crippen molar-refractivity contribution in [2.75, 3.05) is 0 Å². The maximum atomic E-state index is 12.9. The maximum Gasteiger partial charge on any atom is 0.574 e. The second-order valence-corrected chi connectivity index (χ2v) is 2.96. The van der Waals surface area contributed by atoms with Gasteiger partial charge in [0.2, 0.25) is 0 Å². The fourth-order valence-corrected chi connectivity index (χ4v) is 1.04. The number of halogens is 8. The van der Waals surface area contributed by atoms with Gasteiger partial charge < -0.3 is 4.74 Å². The largest absolute Gasteiger partial charge is 0.574 e. The minimum Gasteiger partial charge on any atom is -0.385 e. The maximum absolute atomic E-state index is 12.9. The molecule has 1 aromatic rings. The lowest BCUT2D eigenvalue weighted by Gasteiger charge is -2.13. The van der Waals surface area contributed by atoms with Gasteiger partial charge in [-0.3, -0.25) is 0 Å². The smallest absolute Gasteiger partial charge is 0.385 e. The molecular formula is C8H3F8NO. The van der Waals surface area contributed by atoms with Crippen LogP contribution in [0.3, 0.4) is 0 Å². The standard InChI is InChI=1S/C8H3F8NO/c9-2-3-1-4(10)6(18-8(14,15)16)17-5(3)7(11,12)13/h1H,2H2. The second kappa shape index (κ2) is 4.58. The molecule has 0 aliphatic rings. The predicted molar refractivity (Wildman–Crippen MR) is 40.7 cm³/mol. The van der Waals surface area contributed by atoms with Gasteiger partial charge in [0.05, 0.1) is 0 Å². The summed E-state index contributed by atoms with van der Waals surface area (Å²) in [5, 5.41) is 0. The Hall–Kier alpha value is -1.61. The van der Waals surface area contributed by atoms with Gasteiger partial charge >= 0.3 is 12.5 Å². The zero-order valence-electron chi connectivity index (χ0n) is 8.16. The number of hydrogen-bond acceptors (Lipinski definition) is 2. The van der Waals surface area contributed by atoms with Crippen LogP contribution in [-0.2, 0) is 12.9 Å². The van der Waals surface area contributed by atoms with Gasteiger partial charge in [0, 0.05) is 5.56 Å². The van der Waals surface area contributed by atoms with Gasteiger partial charge in [-0.25, -0.2) is 13.8 Å². The summed E-state index contributed by atoms with van der Waals surface area (Å²) in [6, 6.07) is -0.0447. The highest BCUT2D eigenvalue weighted by Gasteiger charge is 2.39. The number of pyridine rings is 1. The van der Waals surface area contributed by atoms with Crippen LogP contribution in [0.2, 0.25) is 0 Å². The number of hydrogen-bond donors (Lipinski definition) is 0. The van der Waals surface area contributed by atoms with Crippen LogP contribution in [0.15, 0.2) is 6.07 Å². The van der Waals surface area contributed by atoms with Crippen molar-refractivity contribution in [3.05, 3.63) is 23.1 Å².